The third-order valence-corrected chi connectivity index (χ3v) is 4.09. The van der Waals surface area contributed by atoms with Crippen molar-refractivity contribution in [1.29, 1.82) is 0 Å². The van der Waals surface area contributed by atoms with Gasteiger partial charge in [0.2, 0.25) is 0 Å². The molecule has 0 aromatic heterocycles. The van der Waals surface area contributed by atoms with Gasteiger partial charge in [-0.3, -0.25) is 4.79 Å². The van der Waals surface area contributed by atoms with Crippen molar-refractivity contribution in [3.05, 3.63) is 57.7 Å². The molecule has 0 N–H and O–H groups in total. The second kappa shape index (κ2) is 6.96. The number of ether oxygens (including phenoxy) is 1. The van der Waals surface area contributed by atoms with E-state index in [0.717, 1.165) is 14.2 Å². The van der Waals surface area contributed by atoms with Gasteiger partial charge in [-0.25, -0.2) is 0 Å². The van der Waals surface area contributed by atoms with E-state index in [-0.39, 0.29) is 12.4 Å². The van der Waals surface area contributed by atoms with Crippen molar-refractivity contribution in [1.82, 2.24) is 0 Å². The first-order valence-electron chi connectivity index (χ1n) is 5.75. The van der Waals surface area contributed by atoms with Crippen LogP contribution in [0.2, 0.25) is 0 Å². The van der Waals surface area contributed by atoms with E-state index < -0.39 is 0 Å². The second-order valence-corrected chi connectivity index (χ2v) is 5.96. The number of Topliss-reactive ketones (excluding diaryl/α,β-unsaturated/α-hetero) is 1. The largest absolute Gasteiger partial charge is 0.484 e. The Labute approximate surface area is 130 Å². The minimum atomic E-state index is -0.00712. The molecule has 0 bridgehead atoms. The molecule has 0 saturated heterocycles. The van der Waals surface area contributed by atoms with Crippen LogP contribution in [0.4, 0.5) is 0 Å². The quantitative estimate of drug-likeness (QED) is 0.438. The molecule has 19 heavy (non-hydrogen) atoms. The Bertz CT molecular complexity index is 567. The summed E-state index contributed by atoms with van der Waals surface area (Å²) in [7, 11) is 0. The summed E-state index contributed by atoms with van der Waals surface area (Å²) in [6, 6.07) is 15.2. The average Bonchev–Trinajstić information content (AvgIpc) is 2.45. The number of thioether (sulfide) groups is 1. The number of hydrogen-bond acceptors (Lipinski definition) is 3. The number of carbonyl (C=O) groups is 1. The SMILES string of the molecule is CSc1ccccc1OCC(=O)c1ccc(I)cc1. The fourth-order valence-electron chi connectivity index (χ4n) is 1.60. The van der Waals surface area contributed by atoms with E-state index in [1.165, 1.54) is 0 Å². The topological polar surface area (TPSA) is 26.3 Å². The fourth-order valence-corrected chi connectivity index (χ4v) is 2.50. The van der Waals surface area contributed by atoms with Crippen molar-refractivity contribution in [2.75, 3.05) is 12.9 Å². The molecule has 2 nitrogen and oxygen atoms in total. The highest BCUT2D eigenvalue weighted by molar-refractivity contribution is 14.1. The number of rotatable bonds is 5. The van der Waals surface area contributed by atoms with E-state index in [9.17, 15) is 4.79 Å². The predicted octanol–water partition coefficient (Wildman–Crippen LogP) is 4.27. The molecule has 0 spiro atoms. The summed E-state index contributed by atoms with van der Waals surface area (Å²) in [5, 5.41) is 0. The number of para-hydroxylation sites is 1. The normalized spacial score (nSPS) is 10.2. The van der Waals surface area contributed by atoms with Crippen LogP contribution < -0.4 is 4.74 Å². The van der Waals surface area contributed by atoms with Gasteiger partial charge >= 0.3 is 0 Å². The van der Waals surface area contributed by atoms with Gasteiger partial charge in [-0.2, -0.15) is 0 Å². The highest BCUT2D eigenvalue weighted by atomic mass is 127. The van der Waals surface area contributed by atoms with Crippen molar-refractivity contribution in [2.24, 2.45) is 0 Å². The van der Waals surface area contributed by atoms with Gasteiger partial charge in [-0.1, -0.05) is 24.3 Å². The van der Waals surface area contributed by atoms with E-state index in [2.05, 4.69) is 22.6 Å². The van der Waals surface area contributed by atoms with Gasteiger partial charge in [0.1, 0.15) is 5.75 Å². The minimum absolute atomic E-state index is 0.00712. The Morgan fingerprint density at radius 1 is 1.16 bits per heavy atom. The lowest BCUT2D eigenvalue weighted by Crippen LogP contribution is -2.11. The van der Waals surface area contributed by atoms with Crippen LogP contribution in [0.3, 0.4) is 0 Å². The number of hydrogen-bond donors (Lipinski definition) is 0. The summed E-state index contributed by atoms with van der Waals surface area (Å²) >= 11 is 3.82. The molecule has 0 heterocycles. The lowest BCUT2D eigenvalue weighted by atomic mass is 10.1. The zero-order valence-corrected chi connectivity index (χ0v) is 13.4. The monoisotopic (exact) mass is 384 g/mol. The maximum atomic E-state index is 12.0. The van der Waals surface area contributed by atoms with Crippen LogP contribution in [0.15, 0.2) is 53.4 Å². The lowest BCUT2D eigenvalue weighted by Gasteiger charge is -2.09. The van der Waals surface area contributed by atoms with Crippen LogP contribution in [0.5, 0.6) is 5.75 Å². The summed E-state index contributed by atoms with van der Waals surface area (Å²) < 4.78 is 6.72. The van der Waals surface area contributed by atoms with E-state index in [0.29, 0.717) is 5.56 Å². The van der Waals surface area contributed by atoms with Crippen molar-refractivity contribution in [3.8, 4) is 5.75 Å². The second-order valence-electron chi connectivity index (χ2n) is 3.87. The molecule has 0 radical (unpaired) electrons. The summed E-state index contributed by atoms with van der Waals surface area (Å²) in [5.41, 5.74) is 0.682. The Balaban J connectivity index is 2.02. The maximum absolute atomic E-state index is 12.0. The van der Waals surface area contributed by atoms with Crippen LogP contribution in [-0.4, -0.2) is 18.6 Å². The summed E-state index contributed by atoms with van der Waals surface area (Å²) in [6.07, 6.45) is 1.99. The van der Waals surface area contributed by atoms with Gasteiger partial charge in [0.15, 0.2) is 12.4 Å². The highest BCUT2D eigenvalue weighted by Crippen LogP contribution is 2.26. The highest BCUT2D eigenvalue weighted by Gasteiger charge is 2.08. The number of ketones is 1. The molecule has 0 aliphatic heterocycles. The molecule has 2 aromatic carbocycles. The third-order valence-electron chi connectivity index (χ3n) is 2.59. The van der Waals surface area contributed by atoms with Crippen molar-refractivity contribution in [3.63, 3.8) is 0 Å². The van der Waals surface area contributed by atoms with Crippen LogP contribution in [0.25, 0.3) is 0 Å². The fraction of sp³-hybridized carbons (Fsp3) is 0.133. The lowest BCUT2D eigenvalue weighted by molar-refractivity contribution is 0.0919. The summed E-state index contributed by atoms with van der Waals surface area (Å²) in [6.45, 7) is 0.0676. The van der Waals surface area contributed by atoms with Crippen LogP contribution >= 0.6 is 34.4 Å². The smallest absolute Gasteiger partial charge is 0.200 e. The molecule has 0 unspecified atom stereocenters. The van der Waals surface area contributed by atoms with E-state index >= 15 is 0 Å². The van der Waals surface area contributed by atoms with Gasteiger partial charge in [-0.05, 0) is 53.1 Å². The third kappa shape index (κ3) is 3.98. The molecule has 0 amide bonds. The molecule has 2 aromatic rings. The van der Waals surface area contributed by atoms with Gasteiger partial charge in [0, 0.05) is 14.0 Å². The average molecular weight is 384 g/mol. The van der Waals surface area contributed by atoms with E-state index in [1.54, 1.807) is 11.8 Å². The molecule has 0 atom stereocenters. The van der Waals surface area contributed by atoms with Crippen molar-refractivity contribution >= 4 is 40.1 Å². The van der Waals surface area contributed by atoms with E-state index in [4.69, 9.17) is 4.74 Å². The first-order valence-corrected chi connectivity index (χ1v) is 8.05. The van der Waals surface area contributed by atoms with Gasteiger partial charge < -0.3 is 4.74 Å². The first-order chi connectivity index (χ1) is 9.20. The zero-order chi connectivity index (χ0) is 13.7. The van der Waals surface area contributed by atoms with Crippen LogP contribution in [-0.2, 0) is 0 Å². The minimum Gasteiger partial charge on any atom is -0.484 e. The molecular weight excluding hydrogens is 371 g/mol. The van der Waals surface area contributed by atoms with E-state index in [1.807, 2.05) is 54.8 Å². The summed E-state index contributed by atoms with van der Waals surface area (Å²) in [5.74, 6) is 0.751. The molecule has 0 fully saturated rings. The maximum Gasteiger partial charge on any atom is 0.200 e. The molecule has 0 aliphatic rings. The van der Waals surface area contributed by atoms with Gasteiger partial charge in [0.05, 0.1) is 0 Å². The Hall–Kier alpha value is -1.01. The number of benzene rings is 2. The van der Waals surface area contributed by atoms with Crippen LogP contribution in [0.1, 0.15) is 10.4 Å². The first kappa shape index (κ1) is 14.4. The standard InChI is InChI=1S/C15H13IO2S/c1-19-15-5-3-2-4-14(15)18-10-13(17)11-6-8-12(16)9-7-11/h2-9H,10H2,1H3. The zero-order valence-electron chi connectivity index (χ0n) is 10.4. The summed E-state index contributed by atoms with van der Waals surface area (Å²) in [4.78, 5) is 13.0. The molecule has 0 aliphatic carbocycles. The molecule has 98 valence electrons. The molecule has 2 rings (SSSR count). The van der Waals surface area contributed by atoms with Gasteiger partial charge in [0.25, 0.3) is 0 Å². The number of carbonyl (C=O) groups excluding carboxylic acids is 1. The van der Waals surface area contributed by atoms with Crippen molar-refractivity contribution < 1.29 is 9.53 Å². The van der Waals surface area contributed by atoms with Crippen LogP contribution in [0, 0.1) is 3.57 Å². The Kier molecular flexibility index (Phi) is 5.27. The predicted molar refractivity (Wildman–Crippen MR) is 87.2 cm³/mol. The molecule has 0 saturated carbocycles. The molecular formula is C15H13IO2S. The Morgan fingerprint density at radius 3 is 2.53 bits per heavy atom. The number of halogens is 1. The molecule has 4 heteroatoms. The Morgan fingerprint density at radius 2 is 1.84 bits per heavy atom. The van der Waals surface area contributed by atoms with Gasteiger partial charge in [-0.15, -0.1) is 11.8 Å². The van der Waals surface area contributed by atoms with Crippen molar-refractivity contribution in [2.45, 2.75) is 4.90 Å².